The van der Waals surface area contributed by atoms with E-state index in [1.54, 1.807) is 0 Å². The smallest absolute Gasteiger partial charge is 0 e. The van der Waals surface area contributed by atoms with Gasteiger partial charge in [-0.1, -0.05) is 0 Å². The summed E-state index contributed by atoms with van der Waals surface area (Å²) in [7, 11) is 0. The average Bonchev–Trinajstić information content (AvgIpc) is 0.918. The molecule has 0 aromatic carbocycles. The molecule has 0 aliphatic rings. The third kappa shape index (κ3) is 16.7. The zero-order valence-electron chi connectivity index (χ0n) is 2.15. The third-order valence-electron chi connectivity index (χ3n) is 0. The van der Waals surface area contributed by atoms with Gasteiger partial charge >= 0.3 is 0 Å². The SMILES string of the molecule is N=[C-]N.[La]. The van der Waals surface area contributed by atoms with Gasteiger partial charge in [0.2, 0.25) is 0 Å². The van der Waals surface area contributed by atoms with Gasteiger partial charge in [-0.3, -0.25) is 0 Å². The zero-order chi connectivity index (χ0) is 2.71. The number of rotatable bonds is 0. The van der Waals surface area contributed by atoms with Crippen molar-refractivity contribution in [1.29, 1.82) is 5.41 Å². The molecule has 0 aliphatic heterocycles. The predicted octanol–water partition coefficient (Wildman–Crippen LogP) is -0.571. The normalized spacial score (nSPS) is 3.00. The quantitative estimate of drug-likeness (QED) is 0.224. The maximum Gasteiger partial charge on any atom is 0 e. The molecule has 2 nitrogen and oxygen atoms in total. The standard InChI is InChI=1S/CH3N2.La/c2-1-3;/h(H3,2,3);/q-1;. The van der Waals surface area contributed by atoms with E-state index >= 15 is 0 Å². The second-order valence-corrected chi connectivity index (χ2v) is 0.144. The molecule has 0 bridgehead atoms. The van der Waals surface area contributed by atoms with E-state index in [4.69, 9.17) is 5.41 Å². The Balaban J connectivity index is 0. The summed E-state index contributed by atoms with van der Waals surface area (Å²) in [5, 5.41) is 5.74. The molecule has 0 amide bonds. The van der Waals surface area contributed by atoms with Gasteiger partial charge in [-0.25, -0.2) is 0 Å². The second-order valence-electron chi connectivity index (χ2n) is 0.144. The zero-order valence-corrected chi connectivity index (χ0v) is 5.78. The first kappa shape index (κ1) is 8.82. The van der Waals surface area contributed by atoms with E-state index in [2.05, 4.69) is 5.73 Å². The van der Waals surface area contributed by atoms with Crippen molar-refractivity contribution < 1.29 is 35.6 Å². The summed E-state index contributed by atoms with van der Waals surface area (Å²) in [5.74, 6) is 0. The molecule has 3 N–H and O–H groups in total. The summed E-state index contributed by atoms with van der Waals surface area (Å²) in [5.41, 5.74) is 4.26. The summed E-state index contributed by atoms with van der Waals surface area (Å²) in [6.45, 7) is 0. The molecular weight excluding hydrogens is 179 g/mol. The van der Waals surface area contributed by atoms with Crippen LogP contribution in [0, 0.1) is 41.0 Å². The molecule has 0 atom stereocenters. The molecule has 0 spiro atoms. The van der Waals surface area contributed by atoms with Gasteiger partial charge in [-0.15, -0.1) is 0 Å². The van der Waals surface area contributed by atoms with Crippen LogP contribution in [-0.4, -0.2) is 6.34 Å². The fraction of sp³-hybridized carbons (Fsp3) is 0. The minimum absolute atomic E-state index is 0. The van der Waals surface area contributed by atoms with Crippen LogP contribution in [0.2, 0.25) is 0 Å². The Kier molecular flexibility index (Phi) is 20.7. The summed E-state index contributed by atoms with van der Waals surface area (Å²) in [6, 6.07) is 0. The van der Waals surface area contributed by atoms with Crippen molar-refractivity contribution in [2.45, 2.75) is 0 Å². The summed E-state index contributed by atoms with van der Waals surface area (Å²) >= 11 is 0. The Bertz CT molecular complexity index is 13.5. The molecule has 0 saturated carbocycles. The van der Waals surface area contributed by atoms with Gasteiger partial charge in [-0.2, -0.15) is 0 Å². The first-order valence-corrected chi connectivity index (χ1v) is 0.539. The van der Waals surface area contributed by atoms with Crippen LogP contribution in [0.1, 0.15) is 0 Å². The predicted molar refractivity (Wildman–Crippen MR) is 11.9 cm³/mol. The molecule has 4 heavy (non-hydrogen) atoms. The average molecular weight is 182 g/mol. The van der Waals surface area contributed by atoms with Crippen molar-refractivity contribution in [3.8, 4) is 0 Å². The molecule has 0 aliphatic carbocycles. The topological polar surface area (TPSA) is 49.9 Å². The van der Waals surface area contributed by atoms with Crippen molar-refractivity contribution in [2.75, 3.05) is 0 Å². The minimum Gasteiger partial charge on any atom is -0.563 e. The van der Waals surface area contributed by atoms with Gasteiger partial charge in [0, 0.05) is 35.6 Å². The largest absolute Gasteiger partial charge is 0.563 e. The van der Waals surface area contributed by atoms with Crippen LogP contribution in [0.3, 0.4) is 0 Å². The number of hydrogen-bond donors (Lipinski definition) is 2. The van der Waals surface area contributed by atoms with Crippen LogP contribution < -0.4 is 5.73 Å². The minimum atomic E-state index is 0. The fourth-order valence-corrected chi connectivity index (χ4v) is 0. The van der Waals surface area contributed by atoms with Crippen molar-refractivity contribution in [3.05, 3.63) is 0 Å². The van der Waals surface area contributed by atoms with Gasteiger partial charge in [0.1, 0.15) is 0 Å². The van der Waals surface area contributed by atoms with Crippen molar-refractivity contribution in [3.63, 3.8) is 0 Å². The van der Waals surface area contributed by atoms with Crippen molar-refractivity contribution in [2.24, 2.45) is 5.73 Å². The third-order valence-corrected chi connectivity index (χ3v) is 0. The van der Waals surface area contributed by atoms with E-state index in [1.807, 2.05) is 0 Å². The van der Waals surface area contributed by atoms with Crippen molar-refractivity contribution in [1.82, 2.24) is 0 Å². The molecule has 1 radical (unpaired) electrons. The van der Waals surface area contributed by atoms with Crippen LogP contribution >= 0.6 is 0 Å². The number of hydrogen-bond acceptors (Lipinski definition) is 1. The molecule has 0 unspecified atom stereocenters. The Labute approximate surface area is 52.9 Å². The van der Waals surface area contributed by atoms with Gasteiger partial charge in [0.05, 0.1) is 0 Å². The van der Waals surface area contributed by atoms with E-state index < -0.39 is 0 Å². The van der Waals surface area contributed by atoms with Crippen LogP contribution in [0.4, 0.5) is 0 Å². The summed E-state index contributed by atoms with van der Waals surface area (Å²) < 4.78 is 0. The first-order valence-electron chi connectivity index (χ1n) is 0.539. The number of nitrogens with one attached hydrogen (secondary N) is 1. The van der Waals surface area contributed by atoms with Crippen LogP contribution in [0.5, 0.6) is 0 Å². The van der Waals surface area contributed by atoms with E-state index in [-0.39, 0.29) is 35.6 Å². The van der Waals surface area contributed by atoms with E-state index in [9.17, 15) is 0 Å². The van der Waals surface area contributed by atoms with Crippen molar-refractivity contribution >= 4 is 6.34 Å². The molecular formula is CH3LaN2-. The van der Waals surface area contributed by atoms with E-state index in [0.29, 0.717) is 0 Å². The van der Waals surface area contributed by atoms with Crippen LogP contribution in [0.15, 0.2) is 0 Å². The molecule has 3 heteroatoms. The fourth-order valence-electron chi connectivity index (χ4n) is 0. The molecule has 0 heterocycles. The maximum absolute atomic E-state index is 5.74. The molecule has 0 saturated heterocycles. The molecule has 21 valence electrons. The Morgan fingerprint density at radius 1 is 1.75 bits per heavy atom. The van der Waals surface area contributed by atoms with Crippen LogP contribution in [-0.2, 0) is 0 Å². The van der Waals surface area contributed by atoms with Gasteiger partial charge in [0.25, 0.3) is 0 Å². The summed E-state index contributed by atoms with van der Waals surface area (Å²) in [6.07, 6.45) is 1.50. The van der Waals surface area contributed by atoms with Gasteiger partial charge in [0.15, 0.2) is 0 Å². The Morgan fingerprint density at radius 2 is 1.75 bits per heavy atom. The Morgan fingerprint density at radius 3 is 1.75 bits per heavy atom. The molecule has 0 aromatic rings. The molecule has 0 fully saturated rings. The molecule has 0 aromatic heterocycles. The maximum atomic E-state index is 5.74. The number of nitrogens with two attached hydrogens (primary N) is 1. The van der Waals surface area contributed by atoms with E-state index in [0.717, 1.165) is 0 Å². The van der Waals surface area contributed by atoms with Gasteiger partial charge in [-0.05, 0) is 0 Å². The van der Waals surface area contributed by atoms with Crippen LogP contribution in [0.25, 0.3) is 0 Å². The molecule has 0 rings (SSSR count). The van der Waals surface area contributed by atoms with E-state index in [1.165, 1.54) is 6.34 Å². The Hall–Kier alpha value is 0.665. The summed E-state index contributed by atoms with van der Waals surface area (Å²) in [4.78, 5) is 0. The van der Waals surface area contributed by atoms with Gasteiger partial charge < -0.3 is 17.5 Å². The second kappa shape index (κ2) is 9.39. The monoisotopic (exact) mass is 182 g/mol. The first-order chi connectivity index (χ1) is 1.41.